The zero-order chi connectivity index (χ0) is 13.9. The highest BCUT2D eigenvalue weighted by molar-refractivity contribution is 5.92. The summed E-state index contributed by atoms with van der Waals surface area (Å²) in [6.07, 6.45) is -4.19. The van der Waals surface area contributed by atoms with Gasteiger partial charge in [0.2, 0.25) is 0 Å². The van der Waals surface area contributed by atoms with Crippen molar-refractivity contribution >= 4 is 11.8 Å². The number of aryl methyl sites for hydroxylation is 1. The average molecular weight is 265 g/mol. The number of carbonyl (C=O) groups is 1. The molecule has 0 radical (unpaired) electrons. The van der Waals surface area contributed by atoms with Crippen molar-refractivity contribution in [1.29, 1.82) is 0 Å². The molecular formula is C10H14F3N3O2. The molecule has 1 aromatic rings. The number of alkyl halides is 3. The van der Waals surface area contributed by atoms with Gasteiger partial charge in [-0.15, -0.1) is 0 Å². The molecule has 2 N–H and O–H groups in total. The molecule has 0 saturated carbocycles. The molecule has 1 rings (SSSR count). The summed E-state index contributed by atoms with van der Waals surface area (Å²) in [5, 5.41) is 0. The summed E-state index contributed by atoms with van der Waals surface area (Å²) in [4.78, 5) is 15.2. The second-order valence-corrected chi connectivity index (χ2v) is 3.54. The normalized spacial score (nSPS) is 11.6. The molecule has 18 heavy (non-hydrogen) atoms. The van der Waals surface area contributed by atoms with E-state index >= 15 is 0 Å². The number of nitrogens with two attached hydrogens (primary N) is 1. The smallest absolute Gasteiger partial charge is 0.406 e. The largest absolute Gasteiger partial charge is 0.461 e. The second-order valence-electron chi connectivity index (χ2n) is 3.54. The van der Waals surface area contributed by atoms with Gasteiger partial charge in [0.15, 0.2) is 5.69 Å². The van der Waals surface area contributed by atoms with Crippen LogP contribution in [-0.2, 0) is 17.7 Å². The highest BCUT2D eigenvalue weighted by atomic mass is 19.4. The number of nitrogen functional groups attached to an aromatic ring is 1. The number of hydrogen-bond acceptors (Lipinski definition) is 4. The summed E-state index contributed by atoms with van der Waals surface area (Å²) in [5.74, 6) is -1.03. The van der Waals surface area contributed by atoms with E-state index in [9.17, 15) is 18.0 Å². The molecule has 0 fully saturated rings. The number of nitrogens with zero attached hydrogens (tertiary/aromatic N) is 2. The first-order chi connectivity index (χ1) is 8.30. The van der Waals surface area contributed by atoms with Crippen LogP contribution in [0.2, 0.25) is 0 Å². The number of rotatable bonds is 4. The van der Waals surface area contributed by atoms with E-state index in [-0.39, 0.29) is 30.4 Å². The zero-order valence-electron chi connectivity index (χ0n) is 10.0. The highest BCUT2D eigenvalue weighted by Gasteiger charge is 2.32. The van der Waals surface area contributed by atoms with E-state index in [2.05, 4.69) is 9.72 Å². The van der Waals surface area contributed by atoms with Crippen molar-refractivity contribution in [3.8, 4) is 0 Å². The summed E-state index contributed by atoms with van der Waals surface area (Å²) in [6, 6.07) is 0. The molecule has 8 heteroatoms. The fourth-order valence-corrected chi connectivity index (χ4v) is 1.49. The summed E-state index contributed by atoms with van der Waals surface area (Å²) in [7, 11) is 0. The third kappa shape index (κ3) is 3.14. The summed E-state index contributed by atoms with van der Waals surface area (Å²) < 4.78 is 42.6. The lowest BCUT2D eigenvalue weighted by Crippen LogP contribution is -2.21. The Morgan fingerprint density at radius 1 is 1.44 bits per heavy atom. The van der Waals surface area contributed by atoms with Gasteiger partial charge in [-0.25, -0.2) is 9.78 Å². The van der Waals surface area contributed by atoms with Gasteiger partial charge in [-0.3, -0.25) is 0 Å². The number of esters is 1. The van der Waals surface area contributed by atoms with Gasteiger partial charge in [0.25, 0.3) is 0 Å². The molecule has 0 unspecified atom stereocenters. The number of anilines is 1. The van der Waals surface area contributed by atoms with Crippen LogP contribution < -0.4 is 5.73 Å². The second kappa shape index (κ2) is 5.28. The summed E-state index contributed by atoms with van der Waals surface area (Å²) in [5.41, 5.74) is 5.25. The molecule has 0 bridgehead atoms. The Labute approximate surface area is 102 Å². The third-order valence-electron chi connectivity index (χ3n) is 2.21. The predicted octanol–water partition coefficient (Wildman–Crippen LogP) is 1.77. The Morgan fingerprint density at radius 2 is 2.06 bits per heavy atom. The van der Waals surface area contributed by atoms with Gasteiger partial charge in [0.05, 0.1) is 6.61 Å². The fraction of sp³-hybridized carbons (Fsp3) is 0.600. The zero-order valence-corrected chi connectivity index (χ0v) is 10.0. The molecule has 0 saturated heterocycles. The maximum absolute atomic E-state index is 12.4. The average Bonchev–Trinajstić information content (AvgIpc) is 2.55. The van der Waals surface area contributed by atoms with Gasteiger partial charge in [-0.05, 0) is 6.92 Å². The monoisotopic (exact) mass is 265 g/mol. The molecule has 0 amide bonds. The molecule has 1 heterocycles. The SMILES string of the molecule is CCOC(=O)c1nc(CC)n(CC(F)(F)F)c1N. The van der Waals surface area contributed by atoms with Crippen LogP contribution in [0.5, 0.6) is 0 Å². The first kappa shape index (κ1) is 14.3. The Morgan fingerprint density at radius 3 is 2.50 bits per heavy atom. The number of ether oxygens (including phenoxy) is 1. The van der Waals surface area contributed by atoms with Crippen LogP contribution >= 0.6 is 0 Å². The highest BCUT2D eigenvalue weighted by Crippen LogP contribution is 2.23. The summed E-state index contributed by atoms with van der Waals surface area (Å²) in [6.45, 7) is 2.05. The predicted molar refractivity (Wildman–Crippen MR) is 58.0 cm³/mol. The molecule has 0 spiro atoms. The minimum Gasteiger partial charge on any atom is -0.461 e. The minimum atomic E-state index is -4.43. The van der Waals surface area contributed by atoms with Crippen molar-refractivity contribution in [3.63, 3.8) is 0 Å². The van der Waals surface area contributed by atoms with E-state index in [0.29, 0.717) is 0 Å². The quantitative estimate of drug-likeness (QED) is 0.842. The number of imidazole rings is 1. The maximum Gasteiger partial charge on any atom is 0.406 e. The Bertz CT molecular complexity index is 440. The molecule has 0 aliphatic heterocycles. The van der Waals surface area contributed by atoms with Crippen LogP contribution in [0.1, 0.15) is 30.2 Å². The number of halogens is 3. The van der Waals surface area contributed by atoms with Gasteiger partial charge in [-0.2, -0.15) is 13.2 Å². The topological polar surface area (TPSA) is 70.1 Å². The molecule has 0 atom stereocenters. The Balaban J connectivity index is 3.14. The number of aromatic nitrogens is 2. The third-order valence-corrected chi connectivity index (χ3v) is 2.21. The van der Waals surface area contributed by atoms with Gasteiger partial charge in [0, 0.05) is 6.42 Å². The van der Waals surface area contributed by atoms with E-state index in [4.69, 9.17) is 5.73 Å². The molecule has 1 aromatic heterocycles. The molecular weight excluding hydrogens is 251 g/mol. The van der Waals surface area contributed by atoms with Gasteiger partial charge in [0.1, 0.15) is 18.2 Å². The molecule has 102 valence electrons. The van der Waals surface area contributed by atoms with E-state index < -0.39 is 18.7 Å². The lowest BCUT2D eigenvalue weighted by molar-refractivity contribution is -0.140. The number of carbonyl (C=O) groups excluding carboxylic acids is 1. The van der Waals surface area contributed by atoms with Crippen molar-refractivity contribution in [2.24, 2.45) is 0 Å². The van der Waals surface area contributed by atoms with E-state index in [1.54, 1.807) is 13.8 Å². The van der Waals surface area contributed by atoms with E-state index in [1.807, 2.05) is 0 Å². The van der Waals surface area contributed by atoms with Crippen LogP contribution in [0.4, 0.5) is 19.0 Å². The lowest BCUT2D eigenvalue weighted by atomic mass is 10.4. The fourth-order valence-electron chi connectivity index (χ4n) is 1.49. The molecule has 0 aromatic carbocycles. The standard InChI is InChI=1S/C10H14F3N3O2/c1-3-6-15-7(9(17)18-4-2)8(14)16(6)5-10(11,12)13/h3-5,14H2,1-2H3. The molecule has 0 aliphatic carbocycles. The van der Waals surface area contributed by atoms with Crippen molar-refractivity contribution in [2.75, 3.05) is 12.3 Å². The van der Waals surface area contributed by atoms with Gasteiger partial charge in [-0.1, -0.05) is 6.92 Å². The first-order valence-corrected chi connectivity index (χ1v) is 5.38. The summed E-state index contributed by atoms with van der Waals surface area (Å²) >= 11 is 0. The van der Waals surface area contributed by atoms with Crippen LogP contribution in [0.15, 0.2) is 0 Å². The van der Waals surface area contributed by atoms with Crippen molar-refractivity contribution in [2.45, 2.75) is 33.0 Å². The first-order valence-electron chi connectivity index (χ1n) is 5.38. The maximum atomic E-state index is 12.4. The van der Waals surface area contributed by atoms with Crippen LogP contribution in [0, 0.1) is 0 Å². The van der Waals surface area contributed by atoms with E-state index in [1.165, 1.54) is 0 Å². The number of hydrogen-bond donors (Lipinski definition) is 1. The van der Waals surface area contributed by atoms with Gasteiger partial charge >= 0.3 is 12.1 Å². The Kier molecular flexibility index (Phi) is 4.20. The molecule has 0 aliphatic rings. The van der Waals surface area contributed by atoms with Crippen molar-refractivity contribution in [3.05, 3.63) is 11.5 Å². The lowest BCUT2D eigenvalue weighted by Gasteiger charge is -2.11. The van der Waals surface area contributed by atoms with Crippen LogP contribution in [-0.4, -0.2) is 28.3 Å². The van der Waals surface area contributed by atoms with E-state index in [0.717, 1.165) is 4.57 Å². The molecule has 5 nitrogen and oxygen atoms in total. The van der Waals surface area contributed by atoms with Crippen LogP contribution in [0.25, 0.3) is 0 Å². The van der Waals surface area contributed by atoms with Gasteiger partial charge < -0.3 is 15.0 Å². The van der Waals surface area contributed by atoms with Crippen LogP contribution in [0.3, 0.4) is 0 Å². The van der Waals surface area contributed by atoms with Crippen molar-refractivity contribution in [1.82, 2.24) is 9.55 Å². The Hall–Kier alpha value is -1.73. The van der Waals surface area contributed by atoms with Crippen molar-refractivity contribution < 1.29 is 22.7 Å². The minimum absolute atomic E-state index is 0.103.